The molecular formula is C17H14O5S. The molecule has 0 aliphatic heterocycles. The zero-order valence-electron chi connectivity index (χ0n) is 12.6. The minimum Gasteiger partial charge on any atom is -0.479 e. The van der Waals surface area contributed by atoms with E-state index >= 15 is 0 Å². The van der Waals surface area contributed by atoms with Gasteiger partial charge in [0.2, 0.25) is 0 Å². The summed E-state index contributed by atoms with van der Waals surface area (Å²) in [4.78, 5) is 24.4. The largest absolute Gasteiger partial charge is 0.479 e. The maximum absolute atomic E-state index is 12.1. The molecule has 0 aliphatic carbocycles. The lowest BCUT2D eigenvalue weighted by Gasteiger charge is -2.12. The van der Waals surface area contributed by atoms with Crippen LogP contribution in [0.3, 0.4) is 0 Å². The van der Waals surface area contributed by atoms with E-state index in [1.54, 1.807) is 31.2 Å². The van der Waals surface area contributed by atoms with E-state index in [1.807, 2.05) is 17.5 Å². The number of benzene rings is 1. The molecule has 6 heteroatoms. The monoisotopic (exact) mass is 330 g/mol. The first-order chi connectivity index (χ1) is 11.1. The van der Waals surface area contributed by atoms with Crippen molar-refractivity contribution in [3.8, 4) is 16.2 Å². The zero-order chi connectivity index (χ0) is 16.4. The molecule has 3 rings (SSSR count). The SMILES string of the molecule is COC(=O)[C@H](C)Oc1ccc2cc(-c3cccs3)c(=O)oc2c1. The fourth-order valence-corrected chi connectivity index (χ4v) is 2.92. The van der Waals surface area contributed by atoms with Gasteiger partial charge in [-0.2, -0.15) is 0 Å². The fourth-order valence-electron chi connectivity index (χ4n) is 2.19. The molecule has 1 atom stereocenters. The van der Waals surface area contributed by atoms with E-state index in [0.717, 1.165) is 10.3 Å². The summed E-state index contributed by atoms with van der Waals surface area (Å²) < 4.78 is 15.5. The van der Waals surface area contributed by atoms with Crippen LogP contribution in [-0.4, -0.2) is 19.2 Å². The predicted molar refractivity (Wildman–Crippen MR) is 87.9 cm³/mol. The van der Waals surface area contributed by atoms with Crippen molar-refractivity contribution in [2.45, 2.75) is 13.0 Å². The number of ether oxygens (including phenoxy) is 2. The number of fused-ring (bicyclic) bond motifs is 1. The summed E-state index contributed by atoms with van der Waals surface area (Å²) in [6, 6.07) is 10.6. The standard InChI is InChI=1S/C17H14O5S/c1-10(16(18)20-2)21-12-6-5-11-8-13(15-4-3-7-23-15)17(19)22-14(11)9-12/h3-10H,1-2H3/t10-/m0/s1. The lowest BCUT2D eigenvalue weighted by Crippen LogP contribution is -2.24. The summed E-state index contributed by atoms with van der Waals surface area (Å²) in [5.74, 6) is -0.0398. The van der Waals surface area contributed by atoms with Gasteiger partial charge in [-0.25, -0.2) is 9.59 Å². The highest BCUT2D eigenvalue weighted by Gasteiger charge is 2.15. The number of carbonyl (C=O) groups excluding carboxylic acids is 1. The van der Waals surface area contributed by atoms with Gasteiger partial charge in [0.1, 0.15) is 11.3 Å². The Morgan fingerprint density at radius 3 is 2.78 bits per heavy atom. The topological polar surface area (TPSA) is 65.7 Å². The van der Waals surface area contributed by atoms with Crippen LogP contribution in [-0.2, 0) is 9.53 Å². The quantitative estimate of drug-likeness (QED) is 0.541. The number of thiophene rings is 1. The smallest absolute Gasteiger partial charge is 0.346 e. The van der Waals surface area contributed by atoms with E-state index < -0.39 is 17.7 Å². The number of rotatable bonds is 4. The molecule has 0 bridgehead atoms. The first-order valence-electron chi connectivity index (χ1n) is 6.95. The molecular weight excluding hydrogens is 316 g/mol. The van der Waals surface area contributed by atoms with Crippen LogP contribution >= 0.6 is 11.3 Å². The molecule has 0 unspecified atom stereocenters. The van der Waals surface area contributed by atoms with Crippen molar-refractivity contribution >= 4 is 28.3 Å². The summed E-state index contributed by atoms with van der Waals surface area (Å²) in [7, 11) is 1.30. The van der Waals surface area contributed by atoms with Gasteiger partial charge in [-0.3, -0.25) is 0 Å². The number of methoxy groups -OCH3 is 1. The number of carbonyl (C=O) groups is 1. The summed E-state index contributed by atoms with van der Waals surface area (Å²) in [5.41, 5.74) is 0.534. The van der Waals surface area contributed by atoms with Crippen LogP contribution in [0.2, 0.25) is 0 Å². The highest BCUT2D eigenvalue weighted by molar-refractivity contribution is 7.13. The van der Waals surface area contributed by atoms with E-state index in [1.165, 1.54) is 18.4 Å². The maximum atomic E-state index is 12.1. The average molecular weight is 330 g/mol. The molecule has 118 valence electrons. The van der Waals surface area contributed by atoms with Gasteiger partial charge < -0.3 is 13.9 Å². The van der Waals surface area contributed by atoms with E-state index in [2.05, 4.69) is 4.74 Å². The van der Waals surface area contributed by atoms with Crippen LogP contribution in [0.1, 0.15) is 6.92 Å². The Morgan fingerprint density at radius 1 is 1.26 bits per heavy atom. The molecule has 3 aromatic rings. The van der Waals surface area contributed by atoms with Crippen molar-refractivity contribution in [2.24, 2.45) is 0 Å². The predicted octanol–water partition coefficient (Wildman–Crippen LogP) is 3.46. The molecule has 1 aromatic carbocycles. The van der Waals surface area contributed by atoms with E-state index in [-0.39, 0.29) is 0 Å². The summed E-state index contributed by atoms with van der Waals surface area (Å²) >= 11 is 1.48. The van der Waals surface area contributed by atoms with Gasteiger partial charge in [0.25, 0.3) is 0 Å². The van der Waals surface area contributed by atoms with Gasteiger partial charge in [0.05, 0.1) is 12.7 Å². The third kappa shape index (κ3) is 3.12. The number of hydrogen-bond acceptors (Lipinski definition) is 6. The molecule has 0 amide bonds. The van der Waals surface area contributed by atoms with E-state index in [0.29, 0.717) is 16.9 Å². The number of hydrogen-bond donors (Lipinski definition) is 0. The Balaban J connectivity index is 1.97. The molecule has 2 aromatic heterocycles. The molecule has 23 heavy (non-hydrogen) atoms. The van der Waals surface area contributed by atoms with Crippen molar-refractivity contribution in [3.05, 3.63) is 52.2 Å². The minimum absolute atomic E-state index is 0.405. The van der Waals surface area contributed by atoms with E-state index in [4.69, 9.17) is 9.15 Å². The van der Waals surface area contributed by atoms with Gasteiger partial charge in [-0.1, -0.05) is 6.07 Å². The van der Waals surface area contributed by atoms with Gasteiger partial charge in [0.15, 0.2) is 6.10 Å². The Hall–Kier alpha value is -2.60. The van der Waals surface area contributed by atoms with Crippen molar-refractivity contribution in [3.63, 3.8) is 0 Å². The van der Waals surface area contributed by atoms with Crippen molar-refractivity contribution in [1.82, 2.24) is 0 Å². The molecule has 5 nitrogen and oxygen atoms in total. The van der Waals surface area contributed by atoms with E-state index in [9.17, 15) is 9.59 Å². The molecule has 2 heterocycles. The van der Waals surface area contributed by atoms with Gasteiger partial charge >= 0.3 is 11.6 Å². The molecule has 0 saturated heterocycles. The van der Waals surface area contributed by atoms with Crippen LogP contribution in [0.5, 0.6) is 5.75 Å². The van der Waals surface area contributed by atoms with Gasteiger partial charge in [-0.05, 0) is 36.6 Å². The zero-order valence-corrected chi connectivity index (χ0v) is 13.4. The fraction of sp³-hybridized carbons (Fsp3) is 0.176. The highest BCUT2D eigenvalue weighted by Crippen LogP contribution is 2.27. The third-order valence-corrected chi connectivity index (χ3v) is 4.24. The molecule has 0 spiro atoms. The minimum atomic E-state index is -0.741. The first-order valence-corrected chi connectivity index (χ1v) is 7.82. The maximum Gasteiger partial charge on any atom is 0.346 e. The van der Waals surface area contributed by atoms with Crippen LogP contribution in [0, 0.1) is 0 Å². The third-order valence-electron chi connectivity index (χ3n) is 3.34. The molecule has 0 saturated carbocycles. The van der Waals surface area contributed by atoms with Crippen LogP contribution in [0.25, 0.3) is 21.4 Å². The Labute approximate surface area is 136 Å². The highest BCUT2D eigenvalue weighted by atomic mass is 32.1. The molecule has 0 fully saturated rings. The van der Waals surface area contributed by atoms with Crippen LogP contribution in [0.15, 0.2) is 51.0 Å². The van der Waals surface area contributed by atoms with Crippen LogP contribution in [0.4, 0.5) is 0 Å². The Bertz CT molecular complexity index is 895. The lowest BCUT2D eigenvalue weighted by atomic mass is 10.1. The second-order valence-corrected chi connectivity index (χ2v) is 5.86. The Kier molecular flexibility index (Phi) is 4.16. The molecule has 0 N–H and O–H groups in total. The Morgan fingerprint density at radius 2 is 2.09 bits per heavy atom. The number of esters is 1. The molecule has 0 radical (unpaired) electrons. The first kappa shape index (κ1) is 15.3. The summed E-state index contributed by atoms with van der Waals surface area (Å²) in [6.45, 7) is 1.59. The van der Waals surface area contributed by atoms with Crippen molar-refractivity contribution in [1.29, 1.82) is 0 Å². The van der Waals surface area contributed by atoms with Gasteiger partial charge in [-0.15, -0.1) is 11.3 Å². The lowest BCUT2D eigenvalue weighted by molar-refractivity contribution is -0.147. The van der Waals surface area contributed by atoms with Crippen LogP contribution < -0.4 is 10.4 Å². The van der Waals surface area contributed by atoms with Gasteiger partial charge in [0, 0.05) is 16.3 Å². The summed E-state index contributed by atoms with van der Waals surface area (Å²) in [5, 5.41) is 2.69. The van der Waals surface area contributed by atoms with Crippen molar-refractivity contribution in [2.75, 3.05) is 7.11 Å². The molecule has 0 aliphatic rings. The van der Waals surface area contributed by atoms with Crippen molar-refractivity contribution < 1.29 is 18.7 Å². The average Bonchev–Trinajstić information content (AvgIpc) is 3.07. The summed E-state index contributed by atoms with van der Waals surface area (Å²) in [6.07, 6.45) is -0.741. The second kappa shape index (κ2) is 6.26. The second-order valence-electron chi connectivity index (χ2n) is 4.91. The normalized spacial score (nSPS) is 12.1.